The first-order valence-corrected chi connectivity index (χ1v) is 6.79. The molecular formula is C15H25ClN2O. The topological polar surface area (TPSA) is 38.5 Å². The van der Waals surface area contributed by atoms with Gasteiger partial charge in [0.25, 0.3) is 0 Å². The Labute approximate surface area is 122 Å². The third-order valence-corrected chi connectivity index (χ3v) is 3.82. The highest BCUT2D eigenvalue weighted by Gasteiger charge is 2.18. The number of rotatable bonds is 4. The Morgan fingerprint density at radius 2 is 2.21 bits per heavy atom. The summed E-state index contributed by atoms with van der Waals surface area (Å²) in [6, 6.07) is 6.49. The molecule has 1 heterocycles. The number of hydrogen-bond acceptors (Lipinski definition) is 3. The number of ether oxygens (including phenoxy) is 1. The van der Waals surface area contributed by atoms with E-state index in [1.54, 1.807) is 7.11 Å². The maximum absolute atomic E-state index is 5.78. The Hall–Kier alpha value is -0.770. The Bertz CT molecular complexity index is 398. The van der Waals surface area contributed by atoms with E-state index in [4.69, 9.17) is 10.5 Å². The van der Waals surface area contributed by atoms with Gasteiger partial charge in [0.15, 0.2) is 0 Å². The lowest BCUT2D eigenvalue weighted by Crippen LogP contribution is -2.37. The monoisotopic (exact) mass is 284 g/mol. The van der Waals surface area contributed by atoms with E-state index in [-0.39, 0.29) is 12.4 Å². The Morgan fingerprint density at radius 1 is 1.42 bits per heavy atom. The summed E-state index contributed by atoms with van der Waals surface area (Å²) in [6.07, 6.45) is 2.55. The molecule has 19 heavy (non-hydrogen) atoms. The van der Waals surface area contributed by atoms with Crippen molar-refractivity contribution in [3.8, 4) is 5.75 Å². The van der Waals surface area contributed by atoms with E-state index >= 15 is 0 Å². The number of aryl methyl sites for hydroxylation is 1. The number of nitrogens with zero attached hydrogens (tertiary/aromatic N) is 1. The van der Waals surface area contributed by atoms with E-state index < -0.39 is 0 Å². The van der Waals surface area contributed by atoms with Gasteiger partial charge in [-0.15, -0.1) is 12.4 Å². The summed E-state index contributed by atoms with van der Waals surface area (Å²) in [7, 11) is 1.73. The van der Waals surface area contributed by atoms with Crippen LogP contribution in [0.4, 0.5) is 0 Å². The molecular weight excluding hydrogens is 260 g/mol. The predicted molar refractivity (Wildman–Crippen MR) is 82.0 cm³/mol. The molecule has 1 atom stereocenters. The number of benzene rings is 1. The summed E-state index contributed by atoms with van der Waals surface area (Å²) in [5.41, 5.74) is 8.30. The van der Waals surface area contributed by atoms with Gasteiger partial charge in [0.1, 0.15) is 5.75 Å². The van der Waals surface area contributed by atoms with Gasteiger partial charge in [0.2, 0.25) is 0 Å². The van der Waals surface area contributed by atoms with Crippen molar-refractivity contribution in [2.24, 2.45) is 11.7 Å². The molecule has 1 aliphatic rings. The number of hydrogen-bond donors (Lipinski definition) is 1. The van der Waals surface area contributed by atoms with Crippen LogP contribution >= 0.6 is 12.4 Å². The minimum Gasteiger partial charge on any atom is -0.496 e. The summed E-state index contributed by atoms with van der Waals surface area (Å²) in [4.78, 5) is 2.51. The van der Waals surface area contributed by atoms with Crippen LogP contribution in [0.15, 0.2) is 18.2 Å². The second-order valence-electron chi connectivity index (χ2n) is 5.28. The van der Waals surface area contributed by atoms with Crippen LogP contribution in [-0.2, 0) is 6.54 Å². The first kappa shape index (κ1) is 16.3. The fourth-order valence-electron chi connectivity index (χ4n) is 2.71. The molecule has 1 aliphatic heterocycles. The molecule has 0 amide bonds. The van der Waals surface area contributed by atoms with Crippen molar-refractivity contribution >= 4 is 12.4 Å². The van der Waals surface area contributed by atoms with E-state index in [9.17, 15) is 0 Å². The Balaban J connectivity index is 0.00000180. The quantitative estimate of drug-likeness (QED) is 0.924. The molecule has 1 aromatic carbocycles. The van der Waals surface area contributed by atoms with Crippen molar-refractivity contribution in [3.63, 3.8) is 0 Å². The van der Waals surface area contributed by atoms with Crippen molar-refractivity contribution < 1.29 is 4.74 Å². The summed E-state index contributed by atoms with van der Waals surface area (Å²) >= 11 is 0. The van der Waals surface area contributed by atoms with Gasteiger partial charge >= 0.3 is 0 Å². The summed E-state index contributed by atoms with van der Waals surface area (Å²) in [5, 5.41) is 0. The van der Waals surface area contributed by atoms with Crippen LogP contribution in [0.3, 0.4) is 0 Å². The average Bonchev–Trinajstić information content (AvgIpc) is 2.41. The minimum atomic E-state index is 0. The third kappa shape index (κ3) is 4.37. The zero-order valence-electron chi connectivity index (χ0n) is 11.9. The van der Waals surface area contributed by atoms with Crippen LogP contribution in [0, 0.1) is 12.8 Å². The average molecular weight is 285 g/mol. The lowest BCUT2D eigenvalue weighted by Gasteiger charge is -2.32. The van der Waals surface area contributed by atoms with Crippen LogP contribution < -0.4 is 10.5 Å². The van der Waals surface area contributed by atoms with E-state index in [0.29, 0.717) is 5.92 Å². The molecule has 0 radical (unpaired) electrons. The first-order chi connectivity index (χ1) is 8.72. The van der Waals surface area contributed by atoms with E-state index in [2.05, 4.69) is 30.0 Å². The minimum absolute atomic E-state index is 0. The Morgan fingerprint density at radius 3 is 2.89 bits per heavy atom. The molecule has 1 saturated heterocycles. The fraction of sp³-hybridized carbons (Fsp3) is 0.600. The lowest BCUT2D eigenvalue weighted by atomic mass is 9.98. The van der Waals surface area contributed by atoms with Crippen molar-refractivity contribution in [1.82, 2.24) is 4.90 Å². The molecule has 2 rings (SSSR count). The standard InChI is InChI=1S/C15H24N2O.ClH/c1-12-5-6-13(8-15(12)18-2)10-17-7-3-4-14(9-16)11-17;/h5-6,8,14H,3-4,7,9-11,16H2,1-2H3;1H. The van der Waals surface area contributed by atoms with E-state index in [1.165, 1.54) is 30.5 Å². The third-order valence-electron chi connectivity index (χ3n) is 3.82. The molecule has 0 aliphatic carbocycles. The van der Waals surface area contributed by atoms with Crippen LogP contribution in [0.25, 0.3) is 0 Å². The number of likely N-dealkylation sites (tertiary alicyclic amines) is 1. The van der Waals surface area contributed by atoms with Crippen LogP contribution in [0.5, 0.6) is 5.75 Å². The van der Waals surface area contributed by atoms with Gasteiger partial charge < -0.3 is 10.5 Å². The van der Waals surface area contributed by atoms with Crippen molar-refractivity contribution in [1.29, 1.82) is 0 Å². The summed E-state index contributed by atoms with van der Waals surface area (Å²) < 4.78 is 5.38. The van der Waals surface area contributed by atoms with Crippen LogP contribution in [-0.4, -0.2) is 31.6 Å². The van der Waals surface area contributed by atoms with Crippen molar-refractivity contribution in [2.75, 3.05) is 26.7 Å². The molecule has 1 unspecified atom stereocenters. The zero-order valence-corrected chi connectivity index (χ0v) is 12.7. The highest BCUT2D eigenvalue weighted by molar-refractivity contribution is 5.85. The van der Waals surface area contributed by atoms with Crippen molar-refractivity contribution in [2.45, 2.75) is 26.3 Å². The molecule has 1 fully saturated rings. The number of methoxy groups -OCH3 is 1. The number of halogens is 1. The molecule has 0 bridgehead atoms. The maximum Gasteiger partial charge on any atom is 0.122 e. The van der Waals surface area contributed by atoms with Crippen LogP contribution in [0.1, 0.15) is 24.0 Å². The molecule has 0 saturated carbocycles. The maximum atomic E-state index is 5.78. The van der Waals surface area contributed by atoms with Gasteiger partial charge in [-0.1, -0.05) is 12.1 Å². The normalized spacial score (nSPS) is 19.8. The zero-order chi connectivity index (χ0) is 13.0. The van der Waals surface area contributed by atoms with Gasteiger partial charge in [-0.2, -0.15) is 0 Å². The molecule has 3 nitrogen and oxygen atoms in total. The molecule has 0 spiro atoms. The SMILES string of the molecule is COc1cc(CN2CCCC(CN)C2)ccc1C.Cl. The van der Waals surface area contributed by atoms with Gasteiger partial charge in [0, 0.05) is 13.1 Å². The van der Waals surface area contributed by atoms with Gasteiger partial charge in [-0.05, 0) is 56.0 Å². The second-order valence-corrected chi connectivity index (χ2v) is 5.28. The van der Waals surface area contributed by atoms with Gasteiger partial charge in [-0.3, -0.25) is 4.90 Å². The summed E-state index contributed by atoms with van der Waals surface area (Å²) in [5.74, 6) is 1.66. The van der Waals surface area contributed by atoms with E-state index in [1.807, 2.05) is 0 Å². The predicted octanol–water partition coefficient (Wildman–Crippen LogP) is 2.60. The summed E-state index contributed by atoms with van der Waals surface area (Å²) in [6.45, 7) is 6.22. The first-order valence-electron chi connectivity index (χ1n) is 6.79. The second kappa shape index (κ2) is 7.73. The number of nitrogens with two attached hydrogens (primary N) is 1. The molecule has 4 heteroatoms. The highest BCUT2D eigenvalue weighted by Crippen LogP contribution is 2.22. The molecule has 2 N–H and O–H groups in total. The van der Waals surface area contributed by atoms with Crippen LogP contribution in [0.2, 0.25) is 0 Å². The van der Waals surface area contributed by atoms with E-state index in [0.717, 1.165) is 25.4 Å². The Kier molecular flexibility index (Phi) is 6.63. The number of piperidine rings is 1. The van der Waals surface area contributed by atoms with Crippen molar-refractivity contribution in [3.05, 3.63) is 29.3 Å². The smallest absolute Gasteiger partial charge is 0.122 e. The molecule has 0 aromatic heterocycles. The highest BCUT2D eigenvalue weighted by atomic mass is 35.5. The van der Waals surface area contributed by atoms with Gasteiger partial charge in [-0.25, -0.2) is 0 Å². The van der Waals surface area contributed by atoms with Gasteiger partial charge in [0.05, 0.1) is 7.11 Å². The molecule has 108 valence electrons. The fourth-order valence-corrected chi connectivity index (χ4v) is 2.71. The largest absolute Gasteiger partial charge is 0.496 e. The lowest BCUT2D eigenvalue weighted by molar-refractivity contribution is 0.171. The molecule has 1 aromatic rings.